The first kappa shape index (κ1) is 24.9. The molecule has 3 rings (SSSR count). The molecule has 1 fully saturated rings. The van der Waals surface area contributed by atoms with E-state index in [9.17, 15) is 14.7 Å². The molecule has 1 aliphatic rings. The summed E-state index contributed by atoms with van der Waals surface area (Å²) in [6.07, 6.45) is 3.39. The molecule has 0 aliphatic carbocycles. The quantitative estimate of drug-likeness (QED) is 0.436. The number of nitrogens with zero attached hydrogens (tertiary/aromatic N) is 1. The molecule has 0 spiro atoms. The van der Waals surface area contributed by atoms with E-state index in [-0.39, 0.29) is 30.1 Å². The number of ether oxygens (including phenoxy) is 1. The number of aliphatic hydroxyl groups excluding tert-OH is 1. The van der Waals surface area contributed by atoms with E-state index in [1.807, 2.05) is 44.5 Å². The number of aryl methyl sites for hydroxylation is 2. The van der Waals surface area contributed by atoms with Gasteiger partial charge in [-0.05, 0) is 71.0 Å². The zero-order valence-corrected chi connectivity index (χ0v) is 21.4. The second-order valence-corrected chi connectivity index (χ2v) is 11.8. The molecule has 174 valence electrons. The number of carbonyl (C=O) groups is 2. The first-order valence-electron chi connectivity index (χ1n) is 11.0. The number of ketones is 1. The maximum atomic E-state index is 13.3. The van der Waals surface area contributed by atoms with Crippen molar-refractivity contribution in [3.63, 3.8) is 0 Å². The zero-order valence-electron chi connectivity index (χ0n) is 19.7. The molecule has 1 aromatic heterocycles. The predicted octanol–water partition coefficient (Wildman–Crippen LogP) is 5.25. The van der Waals surface area contributed by atoms with Gasteiger partial charge in [0, 0.05) is 22.9 Å². The Morgan fingerprint density at radius 1 is 1.31 bits per heavy atom. The summed E-state index contributed by atoms with van der Waals surface area (Å²) in [5, 5.41) is 10.8. The summed E-state index contributed by atoms with van der Waals surface area (Å²) in [5.74, 6) is -0.497. The summed E-state index contributed by atoms with van der Waals surface area (Å²) in [6, 6.07) is 3.97. The molecule has 32 heavy (non-hydrogen) atoms. The molecule has 1 aliphatic heterocycles. The SMILES string of the molecule is Cc1cc(SC2C(=O)CC(CCc3cnsc3)(C(C)C)OC2=O)c(C(C)(C)C)cc1CO. The minimum absolute atomic E-state index is 0.0316. The van der Waals surface area contributed by atoms with Crippen LogP contribution in [0.2, 0.25) is 0 Å². The topological polar surface area (TPSA) is 76.5 Å². The van der Waals surface area contributed by atoms with Gasteiger partial charge in [-0.1, -0.05) is 40.7 Å². The van der Waals surface area contributed by atoms with Crippen molar-refractivity contribution in [1.29, 1.82) is 0 Å². The number of benzene rings is 1. The molecule has 2 aromatic rings. The van der Waals surface area contributed by atoms with Crippen molar-refractivity contribution in [1.82, 2.24) is 4.37 Å². The average Bonchev–Trinajstić information content (AvgIpc) is 3.22. The van der Waals surface area contributed by atoms with Gasteiger partial charge in [0.1, 0.15) is 5.60 Å². The van der Waals surface area contributed by atoms with E-state index in [0.717, 1.165) is 33.6 Å². The van der Waals surface area contributed by atoms with Crippen LogP contribution in [0.3, 0.4) is 0 Å². The van der Waals surface area contributed by atoms with Crippen LogP contribution >= 0.6 is 23.3 Å². The normalized spacial score (nSPS) is 21.8. The Morgan fingerprint density at radius 2 is 2.03 bits per heavy atom. The Kier molecular flexibility index (Phi) is 7.52. The summed E-state index contributed by atoms with van der Waals surface area (Å²) in [4.78, 5) is 27.3. The molecule has 2 unspecified atom stereocenters. The Hall–Kier alpha value is -1.70. The van der Waals surface area contributed by atoms with Gasteiger partial charge in [-0.15, -0.1) is 11.8 Å². The van der Waals surface area contributed by atoms with Crippen molar-refractivity contribution in [2.45, 2.75) is 88.6 Å². The Morgan fingerprint density at radius 3 is 2.56 bits per heavy atom. The van der Waals surface area contributed by atoms with Crippen LogP contribution in [-0.4, -0.2) is 32.1 Å². The van der Waals surface area contributed by atoms with E-state index in [2.05, 4.69) is 25.1 Å². The molecule has 1 N–H and O–H groups in total. The summed E-state index contributed by atoms with van der Waals surface area (Å²) in [6.45, 7) is 12.2. The van der Waals surface area contributed by atoms with Crippen molar-refractivity contribution in [2.24, 2.45) is 5.92 Å². The van der Waals surface area contributed by atoms with E-state index in [1.54, 1.807) is 0 Å². The number of hydrogen-bond acceptors (Lipinski definition) is 7. The molecule has 0 bridgehead atoms. The van der Waals surface area contributed by atoms with E-state index < -0.39 is 16.8 Å². The molecule has 5 nitrogen and oxygen atoms in total. The van der Waals surface area contributed by atoms with Crippen molar-refractivity contribution in [3.05, 3.63) is 46.0 Å². The molecular weight excluding hydrogens is 442 g/mol. The van der Waals surface area contributed by atoms with Crippen molar-refractivity contribution in [2.75, 3.05) is 0 Å². The second-order valence-electron chi connectivity index (χ2n) is 10.00. The van der Waals surface area contributed by atoms with Crippen LogP contribution in [0.25, 0.3) is 0 Å². The number of carbonyl (C=O) groups excluding carboxylic acids is 2. The third-order valence-electron chi connectivity index (χ3n) is 6.32. The molecule has 2 heterocycles. The van der Waals surface area contributed by atoms with Crippen LogP contribution in [0, 0.1) is 12.8 Å². The molecule has 1 saturated heterocycles. The number of rotatable bonds is 7. The minimum Gasteiger partial charge on any atom is -0.457 e. The average molecular weight is 476 g/mol. The highest BCUT2D eigenvalue weighted by atomic mass is 32.2. The van der Waals surface area contributed by atoms with Gasteiger partial charge >= 0.3 is 5.97 Å². The second kappa shape index (κ2) is 9.65. The number of hydrogen-bond donors (Lipinski definition) is 1. The number of aliphatic hydroxyl groups is 1. The Balaban J connectivity index is 1.85. The van der Waals surface area contributed by atoms with Crippen LogP contribution in [0.5, 0.6) is 0 Å². The molecule has 0 saturated carbocycles. The minimum atomic E-state index is -0.870. The van der Waals surface area contributed by atoms with Gasteiger partial charge in [0.25, 0.3) is 0 Å². The summed E-state index contributed by atoms with van der Waals surface area (Å²) in [5.41, 5.74) is 2.95. The van der Waals surface area contributed by atoms with Crippen LogP contribution < -0.4 is 0 Å². The van der Waals surface area contributed by atoms with Crippen LogP contribution in [0.4, 0.5) is 0 Å². The number of thioether (sulfide) groups is 1. The van der Waals surface area contributed by atoms with Gasteiger partial charge in [0.15, 0.2) is 11.0 Å². The molecule has 0 radical (unpaired) electrons. The highest BCUT2D eigenvalue weighted by molar-refractivity contribution is 8.01. The first-order chi connectivity index (χ1) is 15.0. The lowest BCUT2D eigenvalue weighted by molar-refractivity contribution is -0.176. The monoisotopic (exact) mass is 475 g/mol. The zero-order chi connectivity index (χ0) is 23.7. The maximum Gasteiger partial charge on any atom is 0.327 e. The van der Waals surface area contributed by atoms with E-state index in [1.165, 1.54) is 23.3 Å². The van der Waals surface area contributed by atoms with Gasteiger partial charge in [-0.2, -0.15) is 0 Å². The lowest BCUT2D eigenvalue weighted by atomic mass is 9.79. The van der Waals surface area contributed by atoms with Crippen LogP contribution in [0.1, 0.15) is 69.7 Å². The van der Waals surface area contributed by atoms with Gasteiger partial charge in [-0.3, -0.25) is 9.59 Å². The van der Waals surface area contributed by atoms with Gasteiger partial charge < -0.3 is 9.84 Å². The van der Waals surface area contributed by atoms with E-state index >= 15 is 0 Å². The third-order valence-corrected chi connectivity index (χ3v) is 8.24. The number of aromatic nitrogens is 1. The standard InChI is InChI=1S/C25H33NO4S2/c1-15(2)25(8-7-17-12-26-31-14-17)11-20(28)22(23(29)30-25)32-21-9-16(3)18(13-27)10-19(21)24(4,5)6/h9-10,12,14-15,22,27H,7-8,11,13H2,1-6H3. The van der Waals surface area contributed by atoms with Crippen molar-refractivity contribution < 1.29 is 19.4 Å². The summed E-state index contributed by atoms with van der Waals surface area (Å²) < 4.78 is 10.2. The fourth-order valence-electron chi connectivity index (χ4n) is 4.09. The number of Topliss-reactive ketones (excluding diaryl/α,β-unsaturated/α-hetero) is 1. The molecule has 2 atom stereocenters. The number of esters is 1. The van der Waals surface area contributed by atoms with Crippen molar-refractivity contribution in [3.8, 4) is 0 Å². The third kappa shape index (κ3) is 5.26. The molecular formula is C25H33NO4S2. The summed E-state index contributed by atoms with van der Waals surface area (Å²) >= 11 is 2.68. The van der Waals surface area contributed by atoms with E-state index in [4.69, 9.17) is 4.74 Å². The van der Waals surface area contributed by atoms with Gasteiger partial charge in [0.2, 0.25) is 0 Å². The Labute approximate surface area is 199 Å². The molecule has 7 heteroatoms. The highest BCUT2D eigenvalue weighted by Crippen LogP contribution is 2.42. The fourth-order valence-corrected chi connectivity index (χ4v) is 6.01. The fraction of sp³-hybridized carbons (Fsp3) is 0.560. The summed E-state index contributed by atoms with van der Waals surface area (Å²) in [7, 11) is 0. The smallest absolute Gasteiger partial charge is 0.327 e. The van der Waals surface area contributed by atoms with Crippen molar-refractivity contribution >= 4 is 35.0 Å². The maximum absolute atomic E-state index is 13.3. The van der Waals surface area contributed by atoms with E-state index in [0.29, 0.717) is 6.42 Å². The van der Waals surface area contributed by atoms with Crippen LogP contribution in [0.15, 0.2) is 28.6 Å². The first-order valence-corrected chi connectivity index (χ1v) is 12.7. The Bertz CT molecular complexity index is 959. The molecule has 0 amide bonds. The highest BCUT2D eigenvalue weighted by Gasteiger charge is 2.49. The predicted molar refractivity (Wildman–Crippen MR) is 129 cm³/mol. The largest absolute Gasteiger partial charge is 0.457 e. The van der Waals surface area contributed by atoms with Crippen LogP contribution in [-0.2, 0) is 32.8 Å². The lowest BCUT2D eigenvalue weighted by Crippen LogP contribution is -2.52. The van der Waals surface area contributed by atoms with Gasteiger partial charge in [-0.25, -0.2) is 4.37 Å². The number of cyclic esters (lactones) is 1. The van der Waals surface area contributed by atoms with Gasteiger partial charge in [0.05, 0.1) is 6.61 Å². The molecule has 1 aromatic carbocycles. The lowest BCUT2D eigenvalue weighted by Gasteiger charge is -2.41.